The first-order valence-corrected chi connectivity index (χ1v) is 11.3. The summed E-state index contributed by atoms with van der Waals surface area (Å²) in [6.07, 6.45) is 15.0. The molecule has 0 aromatic carbocycles. The molecular formula is C23H37ClO4. The number of unbranched alkanes of at least 4 members (excludes halogenated alkanes) is 1. The summed E-state index contributed by atoms with van der Waals surface area (Å²) in [5.41, 5.74) is 0. The molecule has 0 fully saturated rings. The van der Waals surface area contributed by atoms with Gasteiger partial charge >= 0.3 is 5.97 Å². The molecule has 0 radical (unpaired) electrons. The molecule has 28 heavy (non-hydrogen) atoms. The zero-order valence-electron chi connectivity index (χ0n) is 17.6. The van der Waals surface area contributed by atoms with Gasteiger partial charge in [-0.3, -0.25) is 4.79 Å². The van der Waals surface area contributed by atoms with E-state index >= 15 is 0 Å². The number of carboxylic acid groups (broad SMARTS) is 1. The van der Waals surface area contributed by atoms with Gasteiger partial charge in [0.25, 0.3) is 0 Å². The molecule has 0 heterocycles. The fourth-order valence-electron chi connectivity index (χ4n) is 4.74. The van der Waals surface area contributed by atoms with Crippen LogP contribution in [0.15, 0.2) is 24.0 Å². The Hall–Kier alpha value is -1.00. The van der Waals surface area contributed by atoms with Crippen molar-refractivity contribution < 1.29 is 19.4 Å². The minimum absolute atomic E-state index is 0.0187. The number of ether oxygens (including phenoxy) is 2. The molecule has 0 aliphatic heterocycles. The summed E-state index contributed by atoms with van der Waals surface area (Å²) in [6, 6.07) is 0. The highest BCUT2D eigenvalue weighted by atomic mass is 35.5. The average Bonchev–Trinajstić information content (AvgIpc) is 2.64. The van der Waals surface area contributed by atoms with E-state index in [4.69, 9.17) is 26.2 Å². The number of hydrogen-bond donors (Lipinski definition) is 1. The van der Waals surface area contributed by atoms with E-state index in [1.54, 1.807) is 7.11 Å². The van der Waals surface area contributed by atoms with Crippen molar-refractivity contribution in [2.75, 3.05) is 7.11 Å². The maximum Gasteiger partial charge on any atom is 0.303 e. The van der Waals surface area contributed by atoms with Crippen LogP contribution in [0.1, 0.15) is 71.6 Å². The molecule has 5 heteroatoms. The van der Waals surface area contributed by atoms with E-state index in [9.17, 15) is 4.79 Å². The van der Waals surface area contributed by atoms with Crippen LogP contribution in [0.2, 0.25) is 0 Å². The number of allylic oxidation sites excluding steroid dienone is 3. The molecule has 0 bridgehead atoms. The average molecular weight is 413 g/mol. The van der Waals surface area contributed by atoms with E-state index in [0.29, 0.717) is 11.8 Å². The Morgan fingerprint density at radius 3 is 2.82 bits per heavy atom. The third kappa shape index (κ3) is 7.79. The largest absolute Gasteiger partial charge is 0.501 e. The maximum absolute atomic E-state index is 11.1. The molecular weight excluding hydrogens is 376 g/mol. The Morgan fingerprint density at radius 1 is 1.39 bits per heavy atom. The van der Waals surface area contributed by atoms with Crippen LogP contribution in [-0.4, -0.2) is 35.8 Å². The molecule has 2 aliphatic rings. The SMILES string of the molecule is CCCCC(CC(C)OC1CC(OC)=CC(CC(=O)O)C1)C1CC=CC(Cl)C1. The van der Waals surface area contributed by atoms with Crippen molar-refractivity contribution in [3.8, 4) is 0 Å². The Kier molecular flexibility index (Phi) is 9.87. The summed E-state index contributed by atoms with van der Waals surface area (Å²) in [4.78, 5) is 11.1. The van der Waals surface area contributed by atoms with E-state index < -0.39 is 5.97 Å². The Balaban J connectivity index is 1.93. The maximum atomic E-state index is 11.1. The summed E-state index contributed by atoms with van der Waals surface area (Å²) < 4.78 is 11.8. The monoisotopic (exact) mass is 412 g/mol. The molecule has 1 N–H and O–H groups in total. The quantitative estimate of drug-likeness (QED) is 0.336. The fourth-order valence-corrected chi connectivity index (χ4v) is 5.07. The van der Waals surface area contributed by atoms with Crippen molar-refractivity contribution >= 4 is 17.6 Å². The highest BCUT2D eigenvalue weighted by Crippen LogP contribution is 2.36. The van der Waals surface area contributed by atoms with Crippen LogP contribution in [0.25, 0.3) is 0 Å². The fraction of sp³-hybridized carbons (Fsp3) is 0.783. The van der Waals surface area contributed by atoms with Crippen LogP contribution in [0.3, 0.4) is 0 Å². The van der Waals surface area contributed by atoms with Crippen molar-refractivity contribution in [3.05, 3.63) is 24.0 Å². The summed E-state index contributed by atoms with van der Waals surface area (Å²) in [5, 5.41) is 9.29. The molecule has 160 valence electrons. The Labute approximate surface area is 175 Å². The summed E-state index contributed by atoms with van der Waals surface area (Å²) in [5.74, 6) is 1.31. The molecule has 0 amide bonds. The van der Waals surface area contributed by atoms with Crippen molar-refractivity contribution in [3.63, 3.8) is 0 Å². The van der Waals surface area contributed by atoms with Gasteiger partial charge < -0.3 is 14.6 Å². The van der Waals surface area contributed by atoms with Gasteiger partial charge in [-0.1, -0.05) is 38.3 Å². The molecule has 0 saturated heterocycles. The van der Waals surface area contributed by atoms with Gasteiger partial charge in [0.15, 0.2) is 0 Å². The first-order chi connectivity index (χ1) is 13.4. The van der Waals surface area contributed by atoms with Gasteiger partial charge in [0, 0.05) is 6.42 Å². The normalized spacial score (nSPS) is 29.8. The zero-order valence-corrected chi connectivity index (χ0v) is 18.4. The molecule has 2 rings (SSSR count). The van der Waals surface area contributed by atoms with Gasteiger partial charge in [-0.15, -0.1) is 11.6 Å². The van der Waals surface area contributed by atoms with Gasteiger partial charge in [0.1, 0.15) is 0 Å². The minimum Gasteiger partial charge on any atom is -0.501 e. The van der Waals surface area contributed by atoms with Crippen LogP contribution in [0, 0.1) is 17.8 Å². The highest BCUT2D eigenvalue weighted by molar-refractivity contribution is 6.21. The minimum atomic E-state index is -0.772. The highest BCUT2D eigenvalue weighted by Gasteiger charge is 2.30. The molecule has 0 aromatic rings. The van der Waals surface area contributed by atoms with E-state index in [-0.39, 0.29) is 29.9 Å². The predicted octanol–water partition coefficient (Wildman–Crippen LogP) is 5.95. The van der Waals surface area contributed by atoms with Crippen LogP contribution >= 0.6 is 11.6 Å². The van der Waals surface area contributed by atoms with Gasteiger partial charge in [-0.25, -0.2) is 0 Å². The molecule has 0 saturated carbocycles. The smallest absolute Gasteiger partial charge is 0.303 e. The second-order valence-corrected chi connectivity index (χ2v) is 9.08. The third-order valence-electron chi connectivity index (χ3n) is 6.08. The van der Waals surface area contributed by atoms with Gasteiger partial charge in [-0.05, 0) is 56.4 Å². The number of aliphatic carboxylic acids is 1. The zero-order chi connectivity index (χ0) is 20.5. The molecule has 6 unspecified atom stereocenters. The number of methoxy groups -OCH3 is 1. The molecule has 0 aromatic heterocycles. The lowest BCUT2D eigenvalue weighted by Crippen LogP contribution is -2.30. The summed E-state index contributed by atoms with van der Waals surface area (Å²) in [7, 11) is 1.65. The van der Waals surface area contributed by atoms with E-state index in [1.165, 1.54) is 19.3 Å². The predicted molar refractivity (Wildman–Crippen MR) is 114 cm³/mol. The van der Waals surface area contributed by atoms with Crippen molar-refractivity contribution in [1.82, 2.24) is 0 Å². The van der Waals surface area contributed by atoms with Crippen LogP contribution in [-0.2, 0) is 14.3 Å². The molecule has 0 spiro atoms. The summed E-state index contributed by atoms with van der Waals surface area (Å²) in [6.45, 7) is 4.40. The van der Waals surface area contributed by atoms with Gasteiger partial charge in [0.05, 0.1) is 36.9 Å². The van der Waals surface area contributed by atoms with Crippen LogP contribution in [0.5, 0.6) is 0 Å². The van der Waals surface area contributed by atoms with Gasteiger partial charge in [0.2, 0.25) is 0 Å². The van der Waals surface area contributed by atoms with E-state index in [2.05, 4.69) is 26.0 Å². The Bertz CT molecular complexity index is 545. The second-order valence-electron chi connectivity index (χ2n) is 8.52. The number of hydrogen-bond acceptors (Lipinski definition) is 3. The standard InChI is InChI=1S/C23H37ClO4/c1-4-5-7-18(19-8-6-9-20(24)14-19)10-16(2)28-22-12-17(13-23(25)26)11-21(15-22)27-3/h6,9,11,16-20,22H,4-5,7-8,10,12-15H2,1-3H3,(H,25,26). The molecule has 4 nitrogen and oxygen atoms in total. The molecule has 6 atom stereocenters. The van der Waals surface area contributed by atoms with Crippen molar-refractivity contribution in [2.45, 2.75) is 89.2 Å². The lowest BCUT2D eigenvalue weighted by Gasteiger charge is -2.34. The first kappa shape index (κ1) is 23.3. The number of halogens is 1. The van der Waals surface area contributed by atoms with Crippen molar-refractivity contribution in [2.24, 2.45) is 17.8 Å². The topological polar surface area (TPSA) is 55.8 Å². The second kappa shape index (κ2) is 11.9. The first-order valence-electron chi connectivity index (χ1n) is 10.8. The number of carboxylic acids is 1. The van der Waals surface area contributed by atoms with Crippen LogP contribution < -0.4 is 0 Å². The van der Waals surface area contributed by atoms with Gasteiger partial charge in [-0.2, -0.15) is 0 Å². The summed E-state index contributed by atoms with van der Waals surface area (Å²) >= 11 is 6.39. The number of rotatable bonds is 11. The van der Waals surface area contributed by atoms with E-state index in [0.717, 1.165) is 37.9 Å². The van der Waals surface area contributed by atoms with Crippen LogP contribution in [0.4, 0.5) is 0 Å². The Morgan fingerprint density at radius 2 is 2.18 bits per heavy atom. The lowest BCUT2D eigenvalue weighted by atomic mass is 9.77. The van der Waals surface area contributed by atoms with Crippen molar-refractivity contribution in [1.29, 1.82) is 0 Å². The number of alkyl halides is 1. The molecule has 2 aliphatic carbocycles. The van der Waals surface area contributed by atoms with E-state index in [1.807, 2.05) is 6.08 Å². The number of carbonyl (C=O) groups is 1. The third-order valence-corrected chi connectivity index (χ3v) is 6.40. The lowest BCUT2D eigenvalue weighted by molar-refractivity contribution is -0.138.